The van der Waals surface area contributed by atoms with Gasteiger partial charge in [-0.2, -0.15) is 0 Å². The maximum Gasteiger partial charge on any atom is 0.226 e. The highest BCUT2D eigenvalue weighted by Gasteiger charge is 2.04. The molecule has 2 nitrogen and oxygen atoms in total. The topological polar surface area (TPSA) is 43.1 Å². The Labute approximate surface area is 74.1 Å². The van der Waals surface area contributed by atoms with Crippen molar-refractivity contribution in [2.45, 2.75) is 6.42 Å². The first kappa shape index (κ1) is 9.00. The van der Waals surface area contributed by atoms with E-state index < -0.39 is 11.1 Å². The van der Waals surface area contributed by atoms with E-state index in [1.54, 1.807) is 0 Å². The Morgan fingerprint density at radius 2 is 2.25 bits per heavy atom. The van der Waals surface area contributed by atoms with E-state index in [0.29, 0.717) is 5.56 Å². The molecule has 1 rings (SSSR count). The fraction of sp³-hybridized carbons (Fsp3) is 0.125. The van der Waals surface area contributed by atoms with Gasteiger partial charge in [0.05, 0.1) is 0 Å². The zero-order valence-corrected chi connectivity index (χ0v) is 6.94. The van der Waals surface area contributed by atoms with Gasteiger partial charge in [0.15, 0.2) is 0 Å². The highest BCUT2D eigenvalue weighted by atomic mass is 35.5. The lowest BCUT2D eigenvalue weighted by Gasteiger charge is -2.01. The summed E-state index contributed by atoms with van der Waals surface area (Å²) in [7, 11) is 0. The van der Waals surface area contributed by atoms with Crippen molar-refractivity contribution in [3.63, 3.8) is 0 Å². The van der Waals surface area contributed by atoms with E-state index in [1.165, 1.54) is 12.1 Å². The normalized spacial score (nSPS) is 9.83. The van der Waals surface area contributed by atoms with E-state index in [1.807, 2.05) is 0 Å². The second-order valence-corrected chi connectivity index (χ2v) is 2.80. The van der Waals surface area contributed by atoms with E-state index >= 15 is 0 Å². The van der Waals surface area contributed by atoms with Crippen LogP contribution in [0.25, 0.3) is 0 Å². The van der Waals surface area contributed by atoms with Crippen LogP contribution < -0.4 is 5.73 Å². The van der Waals surface area contributed by atoms with E-state index in [2.05, 4.69) is 0 Å². The fourth-order valence-electron chi connectivity index (χ4n) is 0.877. The fourth-order valence-corrected chi connectivity index (χ4v) is 1.02. The minimum Gasteiger partial charge on any atom is -0.398 e. The summed E-state index contributed by atoms with van der Waals surface area (Å²) < 4.78 is 12.5. The van der Waals surface area contributed by atoms with Crippen LogP contribution in [0.4, 0.5) is 10.1 Å². The molecule has 0 unspecified atom stereocenters. The largest absolute Gasteiger partial charge is 0.398 e. The first-order valence-electron chi connectivity index (χ1n) is 3.32. The molecule has 0 radical (unpaired) electrons. The molecule has 0 atom stereocenters. The summed E-state index contributed by atoms with van der Waals surface area (Å²) in [6.45, 7) is 0. The molecular formula is C8H7ClFNO. The molecule has 1 aromatic carbocycles. The van der Waals surface area contributed by atoms with Crippen LogP contribution in [0.1, 0.15) is 5.56 Å². The number of hydrogen-bond donors (Lipinski definition) is 1. The van der Waals surface area contributed by atoms with Crippen LogP contribution in [0, 0.1) is 5.82 Å². The summed E-state index contributed by atoms with van der Waals surface area (Å²) in [5.74, 6) is -0.418. The standard InChI is InChI=1S/C8H7ClFNO/c9-8(12)3-5-1-2-6(10)4-7(5)11/h1-2,4H,3,11H2. The van der Waals surface area contributed by atoms with Crippen molar-refractivity contribution in [1.82, 2.24) is 0 Å². The molecule has 4 heteroatoms. The molecule has 0 saturated carbocycles. The van der Waals surface area contributed by atoms with Crippen LogP contribution in [-0.2, 0) is 11.2 Å². The summed E-state index contributed by atoms with van der Waals surface area (Å²) >= 11 is 5.14. The molecular weight excluding hydrogens is 181 g/mol. The average Bonchev–Trinajstić information content (AvgIpc) is 1.94. The quantitative estimate of drug-likeness (QED) is 0.566. The van der Waals surface area contributed by atoms with Crippen molar-refractivity contribution in [3.05, 3.63) is 29.6 Å². The zero-order valence-electron chi connectivity index (χ0n) is 6.18. The van der Waals surface area contributed by atoms with Gasteiger partial charge in [0, 0.05) is 12.1 Å². The van der Waals surface area contributed by atoms with Crippen molar-refractivity contribution in [3.8, 4) is 0 Å². The molecule has 2 N–H and O–H groups in total. The number of carbonyl (C=O) groups excluding carboxylic acids is 1. The minimum atomic E-state index is -0.506. The second kappa shape index (κ2) is 3.54. The van der Waals surface area contributed by atoms with Crippen molar-refractivity contribution in [2.75, 3.05) is 5.73 Å². The SMILES string of the molecule is Nc1cc(F)ccc1CC(=O)Cl. The maximum absolute atomic E-state index is 12.5. The molecule has 0 spiro atoms. The molecule has 0 amide bonds. The van der Waals surface area contributed by atoms with Crippen LogP contribution in [0.15, 0.2) is 18.2 Å². The molecule has 0 aromatic heterocycles. The van der Waals surface area contributed by atoms with Crippen molar-refractivity contribution in [2.24, 2.45) is 0 Å². The predicted octanol–water partition coefficient (Wildman–Crippen LogP) is 1.72. The average molecular weight is 188 g/mol. The van der Waals surface area contributed by atoms with E-state index in [-0.39, 0.29) is 12.1 Å². The lowest BCUT2D eigenvalue weighted by molar-refractivity contribution is -0.111. The van der Waals surface area contributed by atoms with E-state index in [0.717, 1.165) is 6.07 Å². The molecule has 1 aromatic rings. The van der Waals surface area contributed by atoms with Gasteiger partial charge < -0.3 is 5.73 Å². The molecule has 0 aliphatic rings. The number of hydrogen-bond acceptors (Lipinski definition) is 2. The van der Waals surface area contributed by atoms with Crippen molar-refractivity contribution in [1.29, 1.82) is 0 Å². The first-order valence-corrected chi connectivity index (χ1v) is 3.69. The van der Waals surface area contributed by atoms with Crippen LogP contribution in [0.3, 0.4) is 0 Å². The molecule has 0 fully saturated rings. The summed E-state index contributed by atoms with van der Waals surface area (Å²) in [6, 6.07) is 3.85. The van der Waals surface area contributed by atoms with Gasteiger partial charge in [0.2, 0.25) is 5.24 Å². The first-order chi connectivity index (χ1) is 5.59. The van der Waals surface area contributed by atoms with Gasteiger partial charge in [-0.3, -0.25) is 4.79 Å². The molecule has 64 valence electrons. The third-order valence-corrected chi connectivity index (χ3v) is 1.57. The highest BCUT2D eigenvalue weighted by Crippen LogP contribution is 2.14. The Morgan fingerprint density at radius 1 is 1.58 bits per heavy atom. The van der Waals surface area contributed by atoms with Crippen LogP contribution in [0.5, 0.6) is 0 Å². The summed E-state index contributed by atoms with van der Waals surface area (Å²) in [4.78, 5) is 10.5. The number of halogens is 2. The number of nitrogen functional groups attached to an aromatic ring is 1. The van der Waals surface area contributed by atoms with Crippen LogP contribution >= 0.6 is 11.6 Å². The van der Waals surface area contributed by atoms with Crippen LogP contribution in [0.2, 0.25) is 0 Å². The van der Waals surface area contributed by atoms with Crippen molar-refractivity contribution < 1.29 is 9.18 Å². The molecule has 0 bridgehead atoms. The number of nitrogens with two attached hydrogens (primary N) is 1. The minimum absolute atomic E-state index is 0.0354. The Hall–Kier alpha value is -1.09. The van der Waals surface area contributed by atoms with Gasteiger partial charge in [0.25, 0.3) is 0 Å². The number of benzene rings is 1. The third-order valence-electron chi connectivity index (χ3n) is 1.44. The van der Waals surface area contributed by atoms with Crippen molar-refractivity contribution >= 4 is 22.5 Å². The third kappa shape index (κ3) is 2.20. The Bertz CT molecular complexity index is 314. The van der Waals surface area contributed by atoms with Gasteiger partial charge in [-0.1, -0.05) is 6.07 Å². The summed E-state index contributed by atoms with van der Waals surface area (Å²) in [6.07, 6.45) is 0.0354. The van der Waals surface area contributed by atoms with Gasteiger partial charge in [-0.25, -0.2) is 4.39 Å². The lowest BCUT2D eigenvalue weighted by atomic mass is 10.1. The molecule has 0 aliphatic heterocycles. The second-order valence-electron chi connectivity index (χ2n) is 2.38. The van der Waals surface area contributed by atoms with Gasteiger partial charge in [0.1, 0.15) is 5.82 Å². The Kier molecular flexibility index (Phi) is 2.65. The number of anilines is 1. The van der Waals surface area contributed by atoms with Gasteiger partial charge in [-0.15, -0.1) is 0 Å². The highest BCUT2D eigenvalue weighted by molar-refractivity contribution is 6.63. The molecule has 0 heterocycles. The Balaban J connectivity index is 2.93. The Morgan fingerprint density at radius 3 is 2.75 bits per heavy atom. The zero-order chi connectivity index (χ0) is 9.14. The number of carbonyl (C=O) groups is 1. The molecule has 0 aliphatic carbocycles. The summed E-state index contributed by atoms with van der Waals surface area (Å²) in [5.41, 5.74) is 6.22. The monoisotopic (exact) mass is 187 g/mol. The van der Waals surface area contributed by atoms with Crippen LogP contribution in [-0.4, -0.2) is 5.24 Å². The summed E-state index contributed by atoms with van der Waals surface area (Å²) in [5, 5.41) is -0.506. The van der Waals surface area contributed by atoms with Gasteiger partial charge in [-0.05, 0) is 29.3 Å². The lowest BCUT2D eigenvalue weighted by Crippen LogP contribution is -1.99. The smallest absolute Gasteiger partial charge is 0.226 e. The maximum atomic E-state index is 12.5. The molecule has 0 saturated heterocycles. The number of rotatable bonds is 2. The molecule has 12 heavy (non-hydrogen) atoms. The van der Waals surface area contributed by atoms with Gasteiger partial charge >= 0.3 is 0 Å². The predicted molar refractivity (Wildman–Crippen MR) is 45.4 cm³/mol. The van der Waals surface area contributed by atoms with E-state index in [4.69, 9.17) is 17.3 Å². The van der Waals surface area contributed by atoms with E-state index in [9.17, 15) is 9.18 Å².